The normalized spacial score (nSPS) is 19.8. The largest absolute Gasteiger partial charge is 0.481 e. The Morgan fingerprint density at radius 2 is 2.28 bits per heavy atom. The Labute approximate surface area is 112 Å². The molecule has 1 heterocycles. The van der Waals surface area contributed by atoms with Gasteiger partial charge in [-0.05, 0) is 13.3 Å². The Bertz CT molecular complexity index is 285. The predicted octanol–water partition coefficient (Wildman–Crippen LogP) is 1.22. The van der Waals surface area contributed by atoms with E-state index in [2.05, 4.69) is 0 Å². The molecule has 0 spiro atoms. The summed E-state index contributed by atoms with van der Waals surface area (Å²) in [5, 5.41) is 8.84. The minimum Gasteiger partial charge on any atom is -0.481 e. The topological polar surface area (TPSA) is 66.8 Å². The van der Waals surface area contributed by atoms with Crippen LogP contribution in [0.4, 0.5) is 0 Å². The SMILES string of the molecule is CCOCCCC(=O)N1CCSCC1CC(=O)O. The maximum Gasteiger partial charge on any atom is 0.305 e. The van der Waals surface area contributed by atoms with Crippen molar-refractivity contribution in [1.82, 2.24) is 4.90 Å². The van der Waals surface area contributed by atoms with Gasteiger partial charge in [-0.25, -0.2) is 0 Å². The number of carboxylic acid groups (broad SMARTS) is 1. The van der Waals surface area contributed by atoms with Gasteiger partial charge in [0.2, 0.25) is 5.91 Å². The summed E-state index contributed by atoms with van der Waals surface area (Å²) in [7, 11) is 0. The maximum atomic E-state index is 12.0. The highest BCUT2D eigenvalue weighted by molar-refractivity contribution is 7.99. The molecule has 1 aliphatic rings. The predicted molar refractivity (Wildman–Crippen MR) is 70.8 cm³/mol. The van der Waals surface area contributed by atoms with E-state index in [0.29, 0.717) is 32.6 Å². The monoisotopic (exact) mass is 275 g/mol. The molecule has 5 nitrogen and oxygen atoms in total. The zero-order valence-corrected chi connectivity index (χ0v) is 11.6. The molecule has 1 atom stereocenters. The molecule has 1 amide bonds. The molecule has 1 aliphatic heterocycles. The highest BCUT2D eigenvalue weighted by atomic mass is 32.2. The molecule has 104 valence electrons. The summed E-state index contributed by atoms with van der Waals surface area (Å²) in [6, 6.07) is -0.152. The van der Waals surface area contributed by atoms with Gasteiger partial charge in [-0.1, -0.05) is 0 Å². The van der Waals surface area contributed by atoms with E-state index in [1.807, 2.05) is 6.92 Å². The standard InChI is InChI=1S/C12H21NO4S/c1-2-17-6-3-4-11(14)13-5-7-18-9-10(13)8-12(15)16/h10H,2-9H2,1H3,(H,15,16). The Morgan fingerprint density at radius 1 is 1.50 bits per heavy atom. The molecule has 1 N–H and O–H groups in total. The lowest BCUT2D eigenvalue weighted by Gasteiger charge is -2.34. The number of hydrogen-bond acceptors (Lipinski definition) is 4. The van der Waals surface area contributed by atoms with E-state index in [1.165, 1.54) is 0 Å². The molecule has 0 aromatic heterocycles. The van der Waals surface area contributed by atoms with Crippen molar-refractivity contribution in [3.8, 4) is 0 Å². The summed E-state index contributed by atoms with van der Waals surface area (Å²) in [6.07, 6.45) is 1.20. The van der Waals surface area contributed by atoms with Gasteiger partial charge in [-0.15, -0.1) is 0 Å². The molecular weight excluding hydrogens is 254 g/mol. The van der Waals surface area contributed by atoms with E-state index in [4.69, 9.17) is 9.84 Å². The number of rotatable bonds is 7. The average Bonchev–Trinajstić information content (AvgIpc) is 2.34. The van der Waals surface area contributed by atoms with Crippen LogP contribution in [0.25, 0.3) is 0 Å². The second-order valence-electron chi connectivity index (χ2n) is 4.21. The number of nitrogens with zero attached hydrogens (tertiary/aromatic N) is 1. The van der Waals surface area contributed by atoms with Gasteiger partial charge in [0.25, 0.3) is 0 Å². The van der Waals surface area contributed by atoms with E-state index >= 15 is 0 Å². The molecule has 0 aromatic carbocycles. The van der Waals surface area contributed by atoms with Crippen LogP contribution in [0.3, 0.4) is 0 Å². The molecule has 0 bridgehead atoms. The third kappa shape index (κ3) is 5.27. The number of aliphatic carboxylic acids is 1. The minimum absolute atomic E-state index is 0.0458. The maximum absolute atomic E-state index is 12.0. The number of carboxylic acids is 1. The fraction of sp³-hybridized carbons (Fsp3) is 0.833. The summed E-state index contributed by atoms with van der Waals surface area (Å²) < 4.78 is 5.19. The third-order valence-electron chi connectivity index (χ3n) is 2.84. The average molecular weight is 275 g/mol. The summed E-state index contributed by atoms with van der Waals surface area (Å²) in [4.78, 5) is 24.5. The van der Waals surface area contributed by atoms with E-state index in [-0.39, 0.29) is 18.4 Å². The van der Waals surface area contributed by atoms with Gasteiger partial charge >= 0.3 is 5.97 Å². The number of thioether (sulfide) groups is 1. The summed E-state index contributed by atoms with van der Waals surface area (Å²) in [6.45, 7) is 3.84. The van der Waals surface area contributed by atoms with Crippen molar-refractivity contribution >= 4 is 23.6 Å². The van der Waals surface area contributed by atoms with Crippen LogP contribution < -0.4 is 0 Å². The van der Waals surface area contributed by atoms with Crippen molar-refractivity contribution in [2.75, 3.05) is 31.3 Å². The van der Waals surface area contributed by atoms with Crippen LogP contribution >= 0.6 is 11.8 Å². The molecule has 0 aromatic rings. The fourth-order valence-electron chi connectivity index (χ4n) is 1.97. The lowest BCUT2D eigenvalue weighted by Crippen LogP contribution is -2.47. The van der Waals surface area contributed by atoms with Gasteiger partial charge in [-0.2, -0.15) is 11.8 Å². The van der Waals surface area contributed by atoms with E-state index in [1.54, 1.807) is 16.7 Å². The second kappa shape index (κ2) is 8.37. The molecule has 1 rings (SSSR count). The van der Waals surface area contributed by atoms with Crippen LogP contribution in [0, 0.1) is 0 Å². The number of carbonyl (C=O) groups excluding carboxylic acids is 1. The first-order valence-corrected chi connectivity index (χ1v) is 7.47. The molecule has 6 heteroatoms. The zero-order valence-electron chi connectivity index (χ0n) is 10.8. The first-order chi connectivity index (χ1) is 8.65. The highest BCUT2D eigenvalue weighted by Gasteiger charge is 2.28. The number of amides is 1. The van der Waals surface area contributed by atoms with E-state index < -0.39 is 5.97 Å². The zero-order chi connectivity index (χ0) is 13.4. The quantitative estimate of drug-likeness (QED) is 0.708. The number of ether oxygens (including phenoxy) is 1. The first kappa shape index (κ1) is 15.3. The Hall–Kier alpha value is -0.750. The summed E-state index contributed by atoms with van der Waals surface area (Å²) >= 11 is 1.72. The molecule has 0 aliphatic carbocycles. The van der Waals surface area contributed by atoms with Crippen LogP contribution in [0.2, 0.25) is 0 Å². The van der Waals surface area contributed by atoms with E-state index in [0.717, 1.165) is 11.5 Å². The molecule has 0 saturated carbocycles. The number of hydrogen-bond donors (Lipinski definition) is 1. The molecule has 1 saturated heterocycles. The summed E-state index contributed by atoms with van der Waals surface area (Å²) in [5.74, 6) is 0.840. The van der Waals surface area contributed by atoms with Gasteiger partial charge in [0.1, 0.15) is 0 Å². The van der Waals surface area contributed by atoms with Crippen molar-refractivity contribution in [3.63, 3.8) is 0 Å². The van der Waals surface area contributed by atoms with Crippen molar-refractivity contribution in [2.24, 2.45) is 0 Å². The van der Waals surface area contributed by atoms with Crippen molar-refractivity contribution < 1.29 is 19.4 Å². The van der Waals surface area contributed by atoms with Gasteiger partial charge in [0, 0.05) is 37.7 Å². The van der Waals surface area contributed by atoms with Crippen molar-refractivity contribution in [3.05, 3.63) is 0 Å². The fourth-order valence-corrected chi connectivity index (χ4v) is 3.03. The van der Waals surface area contributed by atoms with Crippen LogP contribution in [-0.2, 0) is 14.3 Å². The van der Waals surface area contributed by atoms with Gasteiger partial charge in [0.15, 0.2) is 0 Å². The number of carbonyl (C=O) groups is 2. The summed E-state index contributed by atoms with van der Waals surface area (Å²) in [5.41, 5.74) is 0. The van der Waals surface area contributed by atoms with Gasteiger partial charge in [-0.3, -0.25) is 9.59 Å². The molecular formula is C12H21NO4S. The molecule has 1 fully saturated rings. The van der Waals surface area contributed by atoms with Crippen LogP contribution in [-0.4, -0.2) is 59.2 Å². The smallest absolute Gasteiger partial charge is 0.305 e. The third-order valence-corrected chi connectivity index (χ3v) is 3.93. The first-order valence-electron chi connectivity index (χ1n) is 6.32. The Kier molecular flexibility index (Phi) is 7.12. The highest BCUT2D eigenvalue weighted by Crippen LogP contribution is 2.20. The van der Waals surface area contributed by atoms with Crippen molar-refractivity contribution in [1.29, 1.82) is 0 Å². The second-order valence-corrected chi connectivity index (χ2v) is 5.36. The minimum atomic E-state index is -0.838. The molecule has 1 unspecified atom stereocenters. The lowest BCUT2D eigenvalue weighted by atomic mass is 10.1. The van der Waals surface area contributed by atoms with Crippen LogP contribution in [0.1, 0.15) is 26.2 Å². The molecule has 0 radical (unpaired) electrons. The van der Waals surface area contributed by atoms with Gasteiger partial charge < -0.3 is 14.7 Å². The van der Waals surface area contributed by atoms with Crippen molar-refractivity contribution in [2.45, 2.75) is 32.2 Å². The van der Waals surface area contributed by atoms with E-state index in [9.17, 15) is 9.59 Å². The van der Waals surface area contributed by atoms with Gasteiger partial charge in [0.05, 0.1) is 12.5 Å². The Morgan fingerprint density at radius 3 is 2.94 bits per heavy atom. The Balaban J connectivity index is 2.39. The lowest BCUT2D eigenvalue weighted by molar-refractivity contribution is -0.140. The van der Waals surface area contributed by atoms with Crippen LogP contribution in [0.5, 0.6) is 0 Å². The molecule has 18 heavy (non-hydrogen) atoms. The van der Waals surface area contributed by atoms with Crippen LogP contribution in [0.15, 0.2) is 0 Å².